The molecule has 1 aromatic heterocycles. The topological polar surface area (TPSA) is 29.9 Å². The van der Waals surface area contributed by atoms with E-state index in [1.165, 1.54) is 0 Å². The van der Waals surface area contributed by atoms with Crippen LogP contribution in [0, 0.1) is 6.92 Å². The van der Waals surface area contributed by atoms with E-state index in [9.17, 15) is 0 Å². The Hall–Kier alpha value is -1.25. The van der Waals surface area contributed by atoms with E-state index < -0.39 is 0 Å². The molecule has 0 fully saturated rings. The van der Waals surface area contributed by atoms with Crippen LogP contribution in [0.1, 0.15) is 19.0 Å². The third-order valence-electron chi connectivity index (χ3n) is 1.76. The van der Waals surface area contributed by atoms with E-state index in [1.54, 1.807) is 0 Å². The molecule has 0 aromatic carbocycles. The van der Waals surface area contributed by atoms with Crippen molar-refractivity contribution in [3.63, 3.8) is 0 Å². The Labute approximate surface area is 79.5 Å². The maximum absolute atomic E-state index is 4.37. The standard InChI is InChI=1S/C10H17N3/c1-4-6-11-10-12-9(3)8-13(10)7-5-2/h5,8H,2,4,6-7H2,1,3H3,(H,11,12). The molecule has 0 aliphatic carbocycles. The van der Waals surface area contributed by atoms with Crippen LogP contribution < -0.4 is 5.32 Å². The highest BCUT2D eigenvalue weighted by atomic mass is 15.2. The Kier molecular flexibility index (Phi) is 3.55. The second-order valence-corrected chi connectivity index (χ2v) is 3.07. The van der Waals surface area contributed by atoms with Crippen molar-refractivity contribution in [3.8, 4) is 0 Å². The number of aromatic nitrogens is 2. The van der Waals surface area contributed by atoms with Crippen LogP contribution in [0.2, 0.25) is 0 Å². The van der Waals surface area contributed by atoms with Gasteiger partial charge in [0, 0.05) is 19.3 Å². The smallest absolute Gasteiger partial charge is 0.203 e. The molecule has 1 rings (SSSR count). The van der Waals surface area contributed by atoms with Crippen LogP contribution in [0.15, 0.2) is 18.9 Å². The molecule has 3 heteroatoms. The minimum absolute atomic E-state index is 0.812. The molecule has 0 unspecified atom stereocenters. The summed E-state index contributed by atoms with van der Waals surface area (Å²) in [6.45, 7) is 9.62. The van der Waals surface area contributed by atoms with Crippen LogP contribution in [0.3, 0.4) is 0 Å². The van der Waals surface area contributed by atoms with Crippen molar-refractivity contribution in [1.82, 2.24) is 9.55 Å². The fourth-order valence-corrected chi connectivity index (χ4v) is 1.20. The van der Waals surface area contributed by atoms with Gasteiger partial charge in [-0.1, -0.05) is 13.0 Å². The summed E-state index contributed by atoms with van der Waals surface area (Å²) in [5, 5.41) is 3.27. The Balaban J connectivity index is 2.71. The number of hydrogen-bond donors (Lipinski definition) is 1. The predicted octanol–water partition coefficient (Wildman–Crippen LogP) is 2.20. The lowest BCUT2D eigenvalue weighted by molar-refractivity contribution is 0.813. The van der Waals surface area contributed by atoms with Crippen molar-refractivity contribution in [1.29, 1.82) is 0 Å². The van der Waals surface area contributed by atoms with Crippen LogP contribution in [-0.2, 0) is 6.54 Å². The van der Waals surface area contributed by atoms with Gasteiger partial charge in [-0.05, 0) is 13.3 Å². The molecular weight excluding hydrogens is 162 g/mol. The van der Waals surface area contributed by atoms with E-state index in [-0.39, 0.29) is 0 Å². The van der Waals surface area contributed by atoms with Gasteiger partial charge in [0.2, 0.25) is 5.95 Å². The van der Waals surface area contributed by atoms with E-state index in [0.717, 1.165) is 31.2 Å². The van der Waals surface area contributed by atoms with Gasteiger partial charge in [0.1, 0.15) is 0 Å². The highest BCUT2D eigenvalue weighted by Crippen LogP contribution is 2.07. The first-order chi connectivity index (χ1) is 6.27. The zero-order chi connectivity index (χ0) is 9.68. The molecule has 72 valence electrons. The predicted molar refractivity (Wildman–Crippen MR) is 55.9 cm³/mol. The number of nitrogens with one attached hydrogen (secondary N) is 1. The molecule has 0 aliphatic rings. The largest absolute Gasteiger partial charge is 0.356 e. The van der Waals surface area contributed by atoms with E-state index in [1.807, 2.05) is 19.2 Å². The number of hydrogen-bond acceptors (Lipinski definition) is 2. The minimum Gasteiger partial charge on any atom is -0.356 e. The third-order valence-corrected chi connectivity index (χ3v) is 1.76. The summed E-state index contributed by atoms with van der Waals surface area (Å²) in [7, 11) is 0. The van der Waals surface area contributed by atoms with E-state index in [4.69, 9.17) is 0 Å². The monoisotopic (exact) mass is 179 g/mol. The molecule has 0 bridgehead atoms. The fraction of sp³-hybridized carbons (Fsp3) is 0.500. The zero-order valence-corrected chi connectivity index (χ0v) is 8.38. The van der Waals surface area contributed by atoms with Gasteiger partial charge in [0.25, 0.3) is 0 Å². The van der Waals surface area contributed by atoms with Crippen LogP contribution in [0.25, 0.3) is 0 Å². The average molecular weight is 179 g/mol. The van der Waals surface area contributed by atoms with Crippen LogP contribution in [0.4, 0.5) is 5.95 Å². The fourth-order valence-electron chi connectivity index (χ4n) is 1.20. The van der Waals surface area contributed by atoms with E-state index in [0.29, 0.717) is 0 Å². The maximum atomic E-state index is 4.37. The number of rotatable bonds is 5. The number of aryl methyl sites for hydroxylation is 1. The molecule has 0 atom stereocenters. The molecule has 0 spiro atoms. The maximum Gasteiger partial charge on any atom is 0.203 e. The number of nitrogens with zero attached hydrogens (tertiary/aromatic N) is 2. The average Bonchev–Trinajstić information content (AvgIpc) is 2.44. The lowest BCUT2D eigenvalue weighted by atomic mass is 10.5. The second-order valence-electron chi connectivity index (χ2n) is 3.07. The highest BCUT2D eigenvalue weighted by Gasteiger charge is 2.01. The summed E-state index contributed by atoms with van der Waals surface area (Å²) in [6, 6.07) is 0. The molecule has 1 aromatic rings. The van der Waals surface area contributed by atoms with Crippen molar-refractivity contribution in [2.75, 3.05) is 11.9 Å². The molecule has 0 amide bonds. The van der Waals surface area contributed by atoms with E-state index >= 15 is 0 Å². The van der Waals surface area contributed by atoms with Crippen molar-refractivity contribution in [2.45, 2.75) is 26.8 Å². The molecule has 0 saturated carbocycles. The van der Waals surface area contributed by atoms with Crippen LogP contribution in [-0.4, -0.2) is 16.1 Å². The zero-order valence-electron chi connectivity index (χ0n) is 8.38. The molecule has 3 nitrogen and oxygen atoms in total. The minimum atomic E-state index is 0.812. The van der Waals surface area contributed by atoms with Crippen molar-refractivity contribution < 1.29 is 0 Å². The summed E-state index contributed by atoms with van der Waals surface area (Å²) < 4.78 is 2.07. The Morgan fingerprint density at radius 3 is 3.08 bits per heavy atom. The van der Waals surface area contributed by atoms with Gasteiger partial charge in [-0.15, -0.1) is 6.58 Å². The summed E-state index contributed by atoms with van der Waals surface area (Å²) in [5.74, 6) is 0.944. The van der Waals surface area contributed by atoms with Crippen molar-refractivity contribution in [3.05, 3.63) is 24.5 Å². The first-order valence-corrected chi connectivity index (χ1v) is 4.66. The molecule has 1 heterocycles. The first-order valence-electron chi connectivity index (χ1n) is 4.66. The number of imidazole rings is 1. The first kappa shape index (κ1) is 9.84. The summed E-state index contributed by atoms with van der Waals surface area (Å²) in [4.78, 5) is 4.37. The molecule has 13 heavy (non-hydrogen) atoms. The normalized spacial score (nSPS) is 10.0. The van der Waals surface area contributed by atoms with Gasteiger partial charge in [-0.25, -0.2) is 4.98 Å². The van der Waals surface area contributed by atoms with Gasteiger partial charge in [-0.3, -0.25) is 0 Å². The lowest BCUT2D eigenvalue weighted by Gasteiger charge is -2.05. The Morgan fingerprint density at radius 1 is 1.69 bits per heavy atom. The van der Waals surface area contributed by atoms with Crippen LogP contribution in [0.5, 0.6) is 0 Å². The quantitative estimate of drug-likeness (QED) is 0.702. The van der Waals surface area contributed by atoms with Gasteiger partial charge in [0.15, 0.2) is 0 Å². The highest BCUT2D eigenvalue weighted by molar-refractivity contribution is 5.28. The lowest BCUT2D eigenvalue weighted by Crippen LogP contribution is -2.07. The van der Waals surface area contributed by atoms with Gasteiger partial charge in [0.05, 0.1) is 5.69 Å². The molecular formula is C10H17N3. The molecule has 1 N–H and O–H groups in total. The number of allylic oxidation sites excluding steroid dienone is 1. The van der Waals surface area contributed by atoms with Crippen molar-refractivity contribution >= 4 is 5.95 Å². The molecule has 0 aliphatic heterocycles. The van der Waals surface area contributed by atoms with Crippen LogP contribution >= 0.6 is 0 Å². The Bertz CT molecular complexity index is 276. The third kappa shape index (κ3) is 2.61. The Morgan fingerprint density at radius 2 is 2.46 bits per heavy atom. The van der Waals surface area contributed by atoms with Gasteiger partial charge >= 0.3 is 0 Å². The summed E-state index contributed by atoms with van der Waals surface area (Å²) in [6.07, 6.45) is 5.01. The molecule has 0 saturated heterocycles. The second kappa shape index (κ2) is 4.70. The number of anilines is 1. The van der Waals surface area contributed by atoms with E-state index in [2.05, 4.69) is 28.4 Å². The summed E-state index contributed by atoms with van der Waals surface area (Å²) >= 11 is 0. The SMILES string of the molecule is C=CCn1cc(C)nc1NCCC. The van der Waals surface area contributed by atoms with Gasteiger partial charge < -0.3 is 9.88 Å². The summed E-state index contributed by atoms with van der Waals surface area (Å²) in [5.41, 5.74) is 1.04. The van der Waals surface area contributed by atoms with Gasteiger partial charge in [-0.2, -0.15) is 0 Å². The molecule has 0 radical (unpaired) electrons. The van der Waals surface area contributed by atoms with Crippen molar-refractivity contribution in [2.24, 2.45) is 0 Å².